The van der Waals surface area contributed by atoms with Crippen LogP contribution in [-0.4, -0.2) is 50.6 Å². The van der Waals surface area contributed by atoms with Crippen molar-refractivity contribution >= 4 is 23.8 Å². The van der Waals surface area contributed by atoms with Crippen molar-refractivity contribution in [2.45, 2.75) is 37.4 Å². The molecular weight excluding hydrogens is 280 g/mol. The van der Waals surface area contributed by atoms with E-state index in [1.165, 1.54) is 18.2 Å². The third-order valence-electron chi connectivity index (χ3n) is 3.46. The maximum Gasteiger partial charge on any atom is 0.416 e. The summed E-state index contributed by atoms with van der Waals surface area (Å²) < 4.78 is 6.84. The molecule has 2 amide bonds. The van der Waals surface area contributed by atoms with Gasteiger partial charge in [0.25, 0.3) is 0 Å². The van der Waals surface area contributed by atoms with Gasteiger partial charge in [-0.3, -0.25) is 4.79 Å². The molecule has 1 saturated heterocycles. The van der Waals surface area contributed by atoms with Gasteiger partial charge in [0.2, 0.25) is 5.91 Å². The number of carbonyl (C=O) groups excluding carboxylic acids is 2. The number of hydrogen-bond acceptors (Lipinski definition) is 6. The highest BCUT2D eigenvalue weighted by molar-refractivity contribution is 7.99. The topological polar surface area (TPSA) is 77.3 Å². The van der Waals surface area contributed by atoms with Gasteiger partial charge in [0, 0.05) is 13.0 Å². The van der Waals surface area contributed by atoms with Crippen molar-refractivity contribution in [1.29, 1.82) is 0 Å². The highest BCUT2D eigenvalue weighted by Gasteiger charge is 2.28. The number of amides is 2. The number of cyclic esters (lactones) is 1. The molecule has 0 unspecified atom stereocenters. The summed E-state index contributed by atoms with van der Waals surface area (Å²) in [6.07, 6.45) is 3.86. The van der Waals surface area contributed by atoms with Gasteiger partial charge in [0.15, 0.2) is 5.16 Å². The molecule has 2 aliphatic heterocycles. The van der Waals surface area contributed by atoms with Crippen LogP contribution in [-0.2, 0) is 22.5 Å². The SMILES string of the molecule is O=C(CSc1nnc2n1CCCCC2)N1CCOC1=O. The normalized spacial score (nSPS) is 18.6. The summed E-state index contributed by atoms with van der Waals surface area (Å²) in [5.74, 6) is 0.953. The van der Waals surface area contributed by atoms with Crippen molar-refractivity contribution < 1.29 is 14.3 Å². The van der Waals surface area contributed by atoms with E-state index in [1.807, 2.05) is 0 Å². The number of nitrogens with zero attached hydrogens (tertiary/aromatic N) is 4. The van der Waals surface area contributed by atoms with Gasteiger partial charge in [-0.2, -0.15) is 0 Å². The lowest BCUT2D eigenvalue weighted by Gasteiger charge is -2.10. The molecule has 108 valence electrons. The van der Waals surface area contributed by atoms with Crippen LogP contribution in [0.4, 0.5) is 4.79 Å². The van der Waals surface area contributed by atoms with Gasteiger partial charge in [-0.1, -0.05) is 18.2 Å². The minimum absolute atomic E-state index is 0.188. The van der Waals surface area contributed by atoms with Crippen molar-refractivity contribution in [3.8, 4) is 0 Å². The molecule has 0 spiro atoms. The van der Waals surface area contributed by atoms with Crippen LogP contribution < -0.4 is 0 Å². The second kappa shape index (κ2) is 5.82. The molecule has 20 heavy (non-hydrogen) atoms. The first-order valence-electron chi connectivity index (χ1n) is 6.78. The van der Waals surface area contributed by atoms with E-state index in [-0.39, 0.29) is 18.3 Å². The molecular formula is C12H16N4O3S. The molecule has 2 aliphatic rings. The molecule has 0 bridgehead atoms. The van der Waals surface area contributed by atoms with Crippen LogP contribution in [0.5, 0.6) is 0 Å². The molecule has 1 fully saturated rings. The van der Waals surface area contributed by atoms with Gasteiger partial charge in [0.1, 0.15) is 12.4 Å². The molecule has 3 rings (SSSR count). The summed E-state index contributed by atoms with van der Waals surface area (Å²) in [4.78, 5) is 24.4. The Hall–Kier alpha value is -1.57. The van der Waals surface area contributed by atoms with E-state index in [1.54, 1.807) is 0 Å². The molecule has 0 aromatic carbocycles. The highest BCUT2D eigenvalue weighted by Crippen LogP contribution is 2.22. The second-order valence-corrected chi connectivity index (χ2v) is 5.75. The Labute approximate surface area is 120 Å². The fourth-order valence-electron chi connectivity index (χ4n) is 2.39. The Morgan fingerprint density at radius 3 is 2.95 bits per heavy atom. The standard InChI is InChI=1S/C12H16N4O3S/c17-10(16-6-7-19-12(16)18)8-20-11-14-13-9-4-2-1-3-5-15(9)11/h1-8H2. The number of fused-ring (bicyclic) bond motifs is 1. The minimum atomic E-state index is -0.546. The number of rotatable bonds is 3. The van der Waals surface area contributed by atoms with E-state index in [2.05, 4.69) is 14.8 Å². The summed E-state index contributed by atoms with van der Waals surface area (Å²) in [5.41, 5.74) is 0. The largest absolute Gasteiger partial charge is 0.447 e. The first-order valence-corrected chi connectivity index (χ1v) is 7.76. The first kappa shape index (κ1) is 13.4. The Morgan fingerprint density at radius 2 is 2.15 bits per heavy atom. The molecule has 1 aromatic heterocycles. The Kier molecular flexibility index (Phi) is 3.90. The van der Waals surface area contributed by atoms with E-state index in [0.29, 0.717) is 6.54 Å². The smallest absolute Gasteiger partial charge is 0.416 e. The summed E-state index contributed by atoms with van der Waals surface area (Å²) in [6.45, 7) is 1.54. The fraction of sp³-hybridized carbons (Fsp3) is 0.667. The number of ether oxygens (including phenoxy) is 1. The third kappa shape index (κ3) is 2.65. The lowest BCUT2D eigenvalue weighted by atomic mass is 10.2. The number of hydrogen-bond donors (Lipinski definition) is 0. The Balaban J connectivity index is 1.62. The number of thioether (sulfide) groups is 1. The summed E-state index contributed by atoms with van der Waals surface area (Å²) >= 11 is 1.34. The van der Waals surface area contributed by atoms with E-state index in [0.717, 1.165) is 41.7 Å². The van der Waals surface area contributed by atoms with E-state index in [9.17, 15) is 9.59 Å². The van der Waals surface area contributed by atoms with E-state index < -0.39 is 6.09 Å². The Morgan fingerprint density at radius 1 is 1.25 bits per heavy atom. The van der Waals surface area contributed by atoms with Crippen LogP contribution in [0, 0.1) is 0 Å². The maximum atomic E-state index is 11.9. The van der Waals surface area contributed by atoms with Crippen molar-refractivity contribution in [1.82, 2.24) is 19.7 Å². The van der Waals surface area contributed by atoms with Gasteiger partial charge in [-0.25, -0.2) is 9.69 Å². The molecule has 8 heteroatoms. The van der Waals surface area contributed by atoms with Crippen LogP contribution in [0.2, 0.25) is 0 Å². The first-order chi connectivity index (χ1) is 9.75. The lowest BCUT2D eigenvalue weighted by molar-refractivity contribution is -0.125. The van der Waals surface area contributed by atoms with Crippen molar-refractivity contribution in [3.63, 3.8) is 0 Å². The lowest BCUT2D eigenvalue weighted by Crippen LogP contribution is -2.33. The molecule has 0 atom stereocenters. The molecule has 3 heterocycles. The third-order valence-corrected chi connectivity index (χ3v) is 4.41. The monoisotopic (exact) mass is 296 g/mol. The average Bonchev–Trinajstić information content (AvgIpc) is 2.96. The predicted octanol–water partition coefficient (Wildman–Crippen LogP) is 1.08. The predicted molar refractivity (Wildman–Crippen MR) is 71.4 cm³/mol. The molecule has 0 aliphatic carbocycles. The van der Waals surface area contributed by atoms with Gasteiger partial charge >= 0.3 is 6.09 Å². The fourth-order valence-corrected chi connectivity index (χ4v) is 3.25. The van der Waals surface area contributed by atoms with Gasteiger partial charge in [0.05, 0.1) is 12.3 Å². The zero-order valence-electron chi connectivity index (χ0n) is 11.1. The van der Waals surface area contributed by atoms with Crippen molar-refractivity contribution in [3.05, 3.63) is 5.82 Å². The van der Waals surface area contributed by atoms with Crippen LogP contribution in [0.1, 0.15) is 25.1 Å². The van der Waals surface area contributed by atoms with E-state index in [4.69, 9.17) is 4.74 Å². The van der Waals surface area contributed by atoms with Crippen molar-refractivity contribution in [2.75, 3.05) is 18.9 Å². The second-order valence-electron chi connectivity index (χ2n) is 4.81. The Bertz CT molecular complexity index is 531. The van der Waals surface area contributed by atoms with Gasteiger partial charge in [-0.05, 0) is 12.8 Å². The highest BCUT2D eigenvalue weighted by atomic mass is 32.2. The van der Waals surface area contributed by atoms with Crippen LogP contribution in [0.3, 0.4) is 0 Å². The van der Waals surface area contributed by atoms with Crippen LogP contribution in [0.15, 0.2) is 5.16 Å². The molecule has 1 aromatic rings. The molecule has 0 saturated carbocycles. The molecule has 0 radical (unpaired) electrons. The maximum absolute atomic E-state index is 11.9. The quantitative estimate of drug-likeness (QED) is 0.777. The summed E-state index contributed by atoms with van der Waals surface area (Å²) in [7, 11) is 0. The van der Waals surface area contributed by atoms with Crippen LogP contribution >= 0.6 is 11.8 Å². The molecule has 0 N–H and O–H groups in total. The zero-order chi connectivity index (χ0) is 13.9. The average molecular weight is 296 g/mol. The number of aromatic nitrogens is 3. The van der Waals surface area contributed by atoms with Gasteiger partial charge in [-0.15, -0.1) is 10.2 Å². The van der Waals surface area contributed by atoms with Crippen molar-refractivity contribution in [2.24, 2.45) is 0 Å². The van der Waals surface area contributed by atoms with Gasteiger partial charge < -0.3 is 9.30 Å². The molecule has 7 nitrogen and oxygen atoms in total. The number of imide groups is 1. The van der Waals surface area contributed by atoms with E-state index >= 15 is 0 Å². The zero-order valence-corrected chi connectivity index (χ0v) is 11.9. The van der Waals surface area contributed by atoms with Crippen LogP contribution in [0.25, 0.3) is 0 Å². The summed E-state index contributed by atoms with van der Waals surface area (Å²) in [6, 6.07) is 0. The number of carbonyl (C=O) groups is 2. The summed E-state index contributed by atoms with van der Waals surface area (Å²) in [5, 5.41) is 9.10. The number of aryl methyl sites for hydroxylation is 1. The minimum Gasteiger partial charge on any atom is -0.447 e.